The van der Waals surface area contributed by atoms with E-state index in [1.165, 1.54) is 0 Å². The van der Waals surface area contributed by atoms with Crippen LogP contribution in [0.3, 0.4) is 0 Å². The highest BCUT2D eigenvalue weighted by Gasteiger charge is 2.32. The molecular weight excluding hydrogens is 264 g/mol. The fraction of sp³-hybridized carbons (Fsp3) is 0.625. The maximum atomic E-state index is 10.8. The molecule has 0 aromatic heterocycles. The summed E-state index contributed by atoms with van der Waals surface area (Å²) in [4.78, 5) is 14.6. The Balaban J connectivity index is 0.000000211. The molecule has 0 radical (unpaired) electrons. The first kappa shape index (κ1) is 17.1. The Labute approximate surface area is 127 Å². The van der Waals surface area contributed by atoms with Gasteiger partial charge in [-0.2, -0.15) is 5.26 Å². The van der Waals surface area contributed by atoms with E-state index in [4.69, 9.17) is 23.8 Å². The highest BCUT2D eigenvalue weighted by Crippen LogP contribution is 2.21. The second kappa shape index (κ2) is 7.70. The number of hydrogen-bond acceptors (Lipinski definition) is 4. The van der Waals surface area contributed by atoms with Crippen LogP contribution in [0.1, 0.15) is 25.7 Å². The summed E-state index contributed by atoms with van der Waals surface area (Å²) in [7, 11) is 3.75. The van der Waals surface area contributed by atoms with Crippen molar-refractivity contribution in [1.82, 2.24) is 9.80 Å². The fourth-order valence-corrected chi connectivity index (χ4v) is 2.78. The molecule has 0 spiro atoms. The predicted molar refractivity (Wildman–Crippen MR) is 81.6 cm³/mol. The molecule has 4 atom stereocenters. The number of rotatable bonds is 1. The Morgan fingerprint density at radius 2 is 1.52 bits per heavy atom. The van der Waals surface area contributed by atoms with Crippen molar-refractivity contribution in [3.63, 3.8) is 0 Å². The molecule has 5 nitrogen and oxygen atoms in total. The Morgan fingerprint density at radius 3 is 1.81 bits per heavy atom. The number of primary amides is 1. The monoisotopic (exact) mass is 286 g/mol. The maximum absolute atomic E-state index is 10.8. The average Bonchev–Trinajstić information content (AvgIpc) is 3.01. The molecule has 0 saturated carbocycles. The first-order valence-electron chi connectivity index (χ1n) is 7.01. The zero-order valence-electron chi connectivity index (χ0n) is 12.6. The standard InChI is InChI=1S/C8H12N2O.C8H10N2/c1-3-6-4-5-7(8(9)11)10(6)2;1-3-7-4-5-8(6-9)10(7)2/h1,6-7H,4-5H2,2H3,(H2,9,11);1,7-8H,4-5H2,2H3/t6-,7-;7-,8-/m00/s1. The number of terminal acetylenes is 2. The van der Waals surface area contributed by atoms with Crippen LogP contribution in [0.4, 0.5) is 0 Å². The average molecular weight is 286 g/mol. The van der Waals surface area contributed by atoms with Crippen molar-refractivity contribution in [3.05, 3.63) is 0 Å². The molecule has 112 valence electrons. The first-order valence-corrected chi connectivity index (χ1v) is 7.01. The lowest BCUT2D eigenvalue weighted by atomic mass is 10.2. The molecule has 0 bridgehead atoms. The van der Waals surface area contributed by atoms with Gasteiger partial charge in [-0.25, -0.2) is 0 Å². The van der Waals surface area contributed by atoms with Crippen LogP contribution in [0.15, 0.2) is 0 Å². The molecule has 21 heavy (non-hydrogen) atoms. The van der Waals surface area contributed by atoms with Gasteiger partial charge in [0.1, 0.15) is 0 Å². The topological polar surface area (TPSA) is 73.4 Å². The minimum Gasteiger partial charge on any atom is -0.368 e. The number of nitrogens with two attached hydrogens (primary N) is 1. The zero-order valence-corrected chi connectivity index (χ0v) is 12.6. The lowest BCUT2D eigenvalue weighted by Crippen LogP contribution is -2.40. The molecule has 0 aromatic carbocycles. The molecule has 2 aliphatic rings. The van der Waals surface area contributed by atoms with Crippen LogP contribution in [0.2, 0.25) is 0 Å². The van der Waals surface area contributed by atoms with Crippen molar-refractivity contribution in [2.75, 3.05) is 14.1 Å². The van der Waals surface area contributed by atoms with Gasteiger partial charge in [0.25, 0.3) is 0 Å². The second-order valence-corrected chi connectivity index (χ2v) is 5.41. The summed E-state index contributed by atoms with van der Waals surface area (Å²) in [5, 5.41) is 8.59. The molecular formula is C16H22N4O. The van der Waals surface area contributed by atoms with Crippen LogP contribution in [0.25, 0.3) is 0 Å². The minimum absolute atomic E-state index is 0.0426. The summed E-state index contributed by atoms with van der Waals surface area (Å²) >= 11 is 0. The van der Waals surface area contributed by atoms with Crippen molar-refractivity contribution < 1.29 is 4.79 Å². The highest BCUT2D eigenvalue weighted by molar-refractivity contribution is 5.80. The van der Waals surface area contributed by atoms with Crippen LogP contribution < -0.4 is 5.73 Å². The summed E-state index contributed by atoms with van der Waals surface area (Å²) in [6.07, 6.45) is 14.0. The quantitative estimate of drug-likeness (QED) is 0.698. The van der Waals surface area contributed by atoms with E-state index in [1.807, 2.05) is 23.9 Å². The van der Waals surface area contributed by atoms with Crippen LogP contribution >= 0.6 is 0 Å². The third kappa shape index (κ3) is 3.99. The van der Waals surface area contributed by atoms with Crippen LogP contribution in [-0.4, -0.2) is 54.0 Å². The summed E-state index contributed by atoms with van der Waals surface area (Å²) < 4.78 is 0. The third-order valence-corrected chi connectivity index (χ3v) is 4.26. The van der Waals surface area contributed by atoms with E-state index in [1.54, 1.807) is 0 Å². The lowest BCUT2D eigenvalue weighted by molar-refractivity contribution is -0.122. The Kier molecular flexibility index (Phi) is 6.25. The Hall–Kier alpha value is -2.00. The molecule has 0 unspecified atom stereocenters. The van der Waals surface area contributed by atoms with Crippen molar-refractivity contribution in [3.8, 4) is 30.8 Å². The van der Waals surface area contributed by atoms with Crippen LogP contribution in [-0.2, 0) is 4.79 Å². The summed E-state index contributed by atoms with van der Waals surface area (Å²) in [5.41, 5.74) is 5.16. The van der Waals surface area contributed by atoms with Crippen molar-refractivity contribution in [1.29, 1.82) is 5.26 Å². The molecule has 5 heteroatoms. The number of nitrogens with zero attached hydrogens (tertiary/aromatic N) is 3. The first-order chi connectivity index (χ1) is 9.96. The van der Waals surface area contributed by atoms with Gasteiger partial charge in [0.2, 0.25) is 5.91 Å². The summed E-state index contributed by atoms with van der Waals surface area (Å²) in [5.74, 6) is 5.00. The zero-order chi connectivity index (χ0) is 16.0. The van der Waals surface area contributed by atoms with Gasteiger partial charge >= 0.3 is 0 Å². The van der Waals surface area contributed by atoms with Crippen molar-refractivity contribution in [2.24, 2.45) is 5.73 Å². The molecule has 0 aliphatic carbocycles. The van der Waals surface area contributed by atoms with Gasteiger partial charge in [-0.15, -0.1) is 12.8 Å². The molecule has 2 aliphatic heterocycles. The summed E-state index contributed by atoms with van der Waals surface area (Å²) in [6.45, 7) is 0. The SMILES string of the molecule is C#C[C@H]1CC[C@@H](C#N)N1C.C#C[C@H]1CC[C@@H](C(N)=O)N1C. The van der Waals surface area contributed by atoms with Gasteiger partial charge in [-0.05, 0) is 39.8 Å². The number of likely N-dealkylation sites (N-methyl/N-ethyl adjacent to an activating group) is 1. The van der Waals surface area contributed by atoms with Gasteiger partial charge in [0, 0.05) is 0 Å². The van der Waals surface area contributed by atoms with E-state index < -0.39 is 0 Å². The lowest BCUT2D eigenvalue weighted by Gasteiger charge is -2.19. The largest absolute Gasteiger partial charge is 0.368 e. The number of nitriles is 1. The second-order valence-electron chi connectivity index (χ2n) is 5.41. The van der Waals surface area contributed by atoms with E-state index in [0.717, 1.165) is 25.7 Å². The number of amides is 1. The Bertz CT molecular complexity index is 474. The third-order valence-electron chi connectivity index (χ3n) is 4.26. The smallest absolute Gasteiger partial charge is 0.234 e. The van der Waals surface area contributed by atoms with Crippen molar-refractivity contribution in [2.45, 2.75) is 49.9 Å². The Morgan fingerprint density at radius 1 is 1.05 bits per heavy atom. The van der Waals surface area contributed by atoms with Gasteiger partial charge < -0.3 is 5.73 Å². The normalized spacial score (nSPS) is 32.3. The van der Waals surface area contributed by atoms with E-state index in [0.29, 0.717) is 0 Å². The highest BCUT2D eigenvalue weighted by atomic mass is 16.1. The summed E-state index contributed by atoms with van der Waals surface area (Å²) in [6, 6.07) is 2.37. The van der Waals surface area contributed by atoms with E-state index in [9.17, 15) is 4.79 Å². The number of carbonyl (C=O) groups excluding carboxylic acids is 1. The molecule has 2 saturated heterocycles. The van der Waals surface area contributed by atoms with Gasteiger partial charge in [-0.1, -0.05) is 11.8 Å². The number of hydrogen-bond donors (Lipinski definition) is 1. The molecule has 2 fully saturated rings. The van der Waals surface area contributed by atoms with E-state index in [-0.39, 0.29) is 30.1 Å². The van der Waals surface area contributed by atoms with Crippen LogP contribution in [0, 0.1) is 36.0 Å². The van der Waals surface area contributed by atoms with Gasteiger partial charge in [-0.3, -0.25) is 14.6 Å². The molecule has 2 rings (SSSR count). The molecule has 1 amide bonds. The fourth-order valence-electron chi connectivity index (χ4n) is 2.78. The molecule has 2 N–H and O–H groups in total. The van der Waals surface area contributed by atoms with Crippen LogP contribution in [0.5, 0.6) is 0 Å². The molecule has 2 heterocycles. The van der Waals surface area contributed by atoms with E-state index in [2.05, 4.69) is 17.9 Å². The number of likely N-dealkylation sites (tertiary alicyclic amines) is 2. The van der Waals surface area contributed by atoms with E-state index >= 15 is 0 Å². The minimum atomic E-state index is -0.273. The van der Waals surface area contributed by atoms with Gasteiger partial charge in [0.05, 0.1) is 30.2 Å². The van der Waals surface area contributed by atoms with Gasteiger partial charge in [0.15, 0.2) is 0 Å². The number of carbonyl (C=O) groups is 1. The predicted octanol–water partition coefficient (Wildman–Crippen LogP) is 0.174. The maximum Gasteiger partial charge on any atom is 0.234 e. The van der Waals surface area contributed by atoms with Crippen molar-refractivity contribution >= 4 is 5.91 Å². The molecule has 0 aromatic rings.